The maximum atomic E-state index is 14.0. The van der Waals surface area contributed by atoms with E-state index in [1.165, 1.54) is 25.7 Å². The number of halogens is 4. The van der Waals surface area contributed by atoms with Gasteiger partial charge in [0.25, 0.3) is 5.97 Å². The van der Waals surface area contributed by atoms with Gasteiger partial charge >= 0.3 is 0 Å². The first-order valence-corrected chi connectivity index (χ1v) is 13.9. The van der Waals surface area contributed by atoms with Crippen molar-refractivity contribution >= 4 is 0 Å². The second kappa shape index (κ2) is 18.1. The van der Waals surface area contributed by atoms with Gasteiger partial charge in [-0.2, -0.15) is 0 Å². The Morgan fingerprint density at radius 3 is 1.81 bits per heavy atom. The van der Waals surface area contributed by atoms with E-state index in [0.29, 0.717) is 12.8 Å². The van der Waals surface area contributed by atoms with Gasteiger partial charge in [-0.05, 0) is 65.0 Å². The second-order valence-electron chi connectivity index (χ2n) is 10.3. The number of rotatable bonds is 21. The summed E-state index contributed by atoms with van der Waals surface area (Å²) < 4.78 is 78.2. The molecule has 0 amide bonds. The van der Waals surface area contributed by atoms with Gasteiger partial charge in [0.2, 0.25) is 0 Å². The Balaban J connectivity index is 2.90. The number of hydrogen-bond acceptors (Lipinski definition) is 4. The van der Waals surface area contributed by atoms with Crippen molar-refractivity contribution in [3.05, 3.63) is 34.9 Å². The van der Waals surface area contributed by atoms with E-state index >= 15 is 0 Å². The summed E-state index contributed by atoms with van der Waals surface area (Å²) in [4.78, 5) is 0. The normalized spacial score (nSPS) is 13.2. The SMILES string of the molecule is CCCCCCCCC(CCCCCc1cc(F)c(F)c(F)c1F)C(OCOC)(OC(C)C)OC(C)C. The smallest absolute Gasteiger partial charge is 0.288 e. The average molecular weight is 537 g/mol. The fraction of sp³-hybridized carbons (Fsp3) is 0.793. The van der Waals surface area contributed by atoms with Gasteiger partial charge in [0.1, 0.15) is 0 Å². The van der Waals surface area contributed by atoms with Crippen LogP contribution in [-0.4, -0.2) is 32.1 Å². The lowest BCUT2D eigenvalue weighted by Gasteiger charge is -2.42. The van der Waals surface area contributed by atoms with Crippen molar-refractivity contribution in [3.8, 4) is 0 Å². The lowest BCUT2D eigenvalue weighted by molar-refractivity contribution is -0.437. The Bertz CT molecular complexity index is 748. The fourth-order valence-corrected chi connectivity index (χ4v) is 4.56. The molecule has 0 saturated carbocycles. The van der Waals surface area contributed by atoms with E-state index in [4.69, 9.17) is 18.9 Å². The molecule has 4 nitrogen and oxygen atoms in total. The van der Waals surface area contributed by atoms with Crippen molar-refractivity contribution in [2.75, 3.05) is 13.9 Å². The molecule has 0 aliphatic rings. The molecule has 1 unspecified atom stereocenters. The van der Waals surface area contributed by atoms with Gasteiger partial charge in [0.05, 0.1) is 12.2 Å². The molecule has 1 aromatic rings. The van der Waals surface area contributed by atoms with Crippen LogP contribution in [0, 0.1) is 29.2 Å². The predicted octanol–water partition coefficient (Wildman–Crippen LogP) is 8.84. The number of methoxy groups -OCH3 is 1. The van der Waals surface area contributed by atoms with Gasteiger partial charge in [-0.3, -0.25) is 0 Å². The molecule has 37 heavy (non-hydrogen) atoms. The van der Waals surface area contributed by atoms with Crippen LogP contribution in [0.1, 0.15) is 111 Å². The van der Waals surface area contributed by atoms with E-state index in [1.54, 1.807) is 7.11 Å². The van der Waals surface area contributed by atoms with Gasteiger partial charge in [-0.1, -0.05) is 58.3 Å². The first kappa shape index (κ1) is 33.8. The minimum absolute atomic E-state index is 0.0212. The van der Waals surface area contributed by atoms with Crippen LogP contribution in [0.2, 0.25) is 0 Å². The number of aryl methyl sites for hydroxylation is 1. The molecule has 0 spiro atoms. The number of ether oxygens (including phenoxy) is 4. The lowest BCUT2D eigenvalue weighted by Crippen LogP contribution is -2.50. The molecule has 1 rings (SSSR count). The highest BCUT2D eigenvalue weighted by molar-refractivity contribution is 5.21. The maximum absolute atomic E-state index is 14.0. The predicted molar refractivity (Wildman–Crippen MR) is 138 cm³/mol. The highest BCUT2D eigenvalue weighted by Crippen LogP contribution is 2.36. The van der Waals surface area contributed by atoms with E-state index in [2.05, 4.69) is 6.92 Å². The second-order valence-corrected chi connectivity index (χ2v) is 10.3. The highest BCUT2D eigenvalue weighted by Gasteiger charge is 2.44. The summed E-state index contributed by atoms with van der Waals surface area (Å²) in [6, 6.07) is 0.742. The molecule has 0 heterocycles. The molecule has 0 fully saturated rings. The Labute approximate surface area is 221 Å². The zero-order valence-electron chi connectivity index (χ0n) is 23.6. The van der Waals surface area contributed by atoms with Crippen LogP contribution >= 0.6 is 0 Å². The van der Waals surface area contributed by atoms with Crippen molar-refractivity contribution in [1.82, 2.24) is 0 Å². The summed E-state index contributed by atoms with van der Waals surface area (Å²) in [7, 11) is 1.55. The zero-order valence-corrected chi connectivity index (χ0v) is 23.6. The molecular formula is C29H48F4O4. The van der Waals surface area contributed by atoms with Crippen LogP contribution in [0.4, 0.5) is 17.6 Å². The minimum Gasteiger partial charge on any atom is -0.358 e. The van der Waals surface area contributed by atoms with Crippen molar-refractivity contribution < 1.29 is 36.5 Å². The average Bonchev–Trinajstić information content (AvgIpc) is 2.84. The van der Waals surface area contributed by atoms with E-state index < -0.39 is 29.2 Å². The number of unbranched alkanes of at least 4 members (excludes halogenated alkanes) is 7. The van der Waals surface area contributed by atoms with Crippen molar-refractivity contribution in [2.24, 2.45) is 5.92 Å². The lowest BCUT2D eigenvalue weighted by atomic mass is 9.91. The summed E-state index contributed by atoms with van der Waals surface area (Å²) in [6.45, 7) is 9.96. The van der Waals surface area contributed by atoms with Gasteiger partial charge in [0.15, 0.2) is 30.1 Å². The third-order valence-corrected chi connectivity index (χ3v) is 6.26. The zero-order chi connectivity index (χ0) is 27.8. The standard InChI is InChI=1S/C29H48F4O4/c1-7-8-9-10-11-14-17-24(29(35-20-34-6,36-21(2)3)37-22(4)5)18-15-12-13-16-23-19-25(30)27(32)28(33)26(23)31/h19,21-22,24H,7-18,20H2,1-6H3. The molecule has 0 N–H and O–H groups in total. The van der Waals surface area contributed by atoms with Gasteiger partial charge in [-0.25, -0.2) is 17.6 Å². The van der Waals surface area contributed by atoms with E-state index in [1.807, 2.05) is 27.7 Å². The molecule has 0 aliphatic carbocycles. The van der Waals surface area contributed by atoms with Crippen molar-refractivity contribution in [3.63, 3.8) is 0 Å². The number of benzene rings is 1. The van der Waals surface area contributed by atoms with E-state index in [-0.39, 0.29) is 36.9 Å². The molecule has 0 bridgehead atoms. The molecule has 0 aromatic heterocycles. The van der Waals surface area contributed by atoms with Gasteiger partial charge in [-0.15, -0.1) is 0 Å². The first-order valence-electron chi connectivity index (χ1n) is 13.9. The molecule has 0 saturated heterocycles. The van der Waals surface area contributed by atoms with Crippen LogP contribution in [-0.2, 0) is 25.4 Å². The van der Waals surface area contributed by atoms with Gasteiger partial charge < -0.3 is 18.9 Å². The summed E-state index contributed by atoms with van der Waals surface area (Å²) in [5.41, 5.74) is -0.149. The summed E-state index contributed by atoms with van der Waals surface area (Å²) in [5.74, 6) is -7.56. The molecule has 8 heteroatoms. The molecule has 216 valence electrons. The van der Waals surface area contributed by atoms with Crippen LogP contribution in [0.3, 0.4) is 0 Å². The van der Waals surface area contributed by atoms with Crippen LogP contribution < -0.4 is 0 Å². The summed E-state index contributed by atoms with van der Waals surface area (Å²) in [5, 5.41) is 0. The Morgan fingerprint density at radius 1 is 0.730 bits per heavy atom. The van der Waals surface area contributed by atoms with Crippen molar-refractivity contribution in [2.45, 2.75) is 130 Å². The third-order valence-electron chi connectivity index (χ3n) is 6.26. The maximum Gasteiger partial charge on any atom is 0.288 e. The fourth-order valence-electron chi connectivity index (χ4n) is 4.56. The topological polar surface area (TPSA) is 36.9 Å². The van der Waals surface area contributed by atoms with Crippen molar-refractivity contribution in [1.29, 1.82) is 0 Å². The van der Waals surface area contributed by atoms with Crippen LogP contribution in [0.25, 0.3) is 0 Å². The van der Waals surface area contributed by atoms with E-state index in [9.17, 15) is 17.6 Å². The first-order chi connectivity index (χ1) is 17.6. The minimum atomic E-state index is -1.78. The molecule has 0 aliphatic heterocycles. The molecule has 1 aromatic carbocycles. The van der Waals surface area contributed by atoms with Gasteiger partial charge in [0, 0.05) is 13.0 Å². The Hall–Kier alpha value is -1.22. The monoisotopic (exact) mass is 536 g/mol. The quantitative estimate of drug-likeness (QED) is 0.0517. The molecule has 1 atom stereocenters. The molecule has 0 radical (unpaired) electrons. The Kier molecular flexibility index (Phi) is 16.6. The number of hydrogen-bond donors (Lipinski definition) is 0. The summed E-state index contributed by atoms with van der Waals surface area (Å²) >= 11 is 0. The van der Waals surface area contributed by atoms with E-state index in [0.717, 1.165) is 38.2 Å². The highest BCUT2D eigenvalue weighted by atomic mass is 19.2. The summed E-state index contributed by atoms with van der Waals surface area (Å²) in [6.07, 6.45) is 10.3. The van der Waals surface area contributed by atoms with Crippen LogP contribution in [0.15, 0.2) is 6.07 Å². The van der Waals surface area contributed by atoms with Crippen LogP contribution in [0.5, 0.6) is 0 Å². The molecular weight excluding hydrogens is 488 g/mol. The largest absolute Gasteiger partial charge is 0.358 e. The Morgan fingerprint density at radius 2 is 1.27 bits per heavy atom. The third kappa shape index (κ3) is 12.0.